The van der Waals surface area contributed by atoms with Gasteiger partial charge in [-0.3, -0.25) is 4.55 Å². The predicted molar refractivity (Wildman–Crippen MR) is 61.4 cm³/mol. The number of anilines is 1. The van der Waals surface area contributed by atoms with Crippen LogP contribution in [-0.2, 0) is 16.7 Å². The molecular weight excluding hydrogens is 244 g/mol. The number of aryl methyl sites for hydroxylation is 1. The SMILES string of the molecule is CC1Nc2c(ccc[n+]2CCCS(=O)(=O)O)O1. The summed E-state index contributed by atoms with van der Waals surface area (Å²) in [4.78, 5) is 0. The average molecular weight is 259 g/mol. The molecule has 0 aliphatic carbocycles. The van der Waals surface area contributed by atoms with Crippen LogP contribution in [0.5, 0.6) is 5.75 Å². The molecule has 0 saturated heterocycles. The smallest absolute Gasteiger partial charge is 0.320 e. The summed E-state index contributed by atoms with van der Waals surface area (Å²) in [6, 6.07) is 3.69. The zero-order valence-corrected chi connectivity index (χ0v) is 10.3. The molecule has 94 valence electrons. The molecule has 0 aromatic carbocycles. The van der Waals surface area contributed by atoms with Crippen molar-refractivity contribution in [3.8, 4) is 5.75 Å². The Labute approximate surface area is 100.0 Å². The molecule has 1 unspecified atom stereocenters. The third-order valence-electron chi connectivity index (χ3n) is 2.48. The fourth-order valence-corrected chi connectivity index (χ4v) is 2.29. The van der Waals surface area contributed by atoms with Gasteiger partial charge in [0, 0.05) is 13.3 Å². The van der Waals surface area contributed by atoms with E-state index < -0.39 is 10.1 Å². The summed E-state index contributed by atoms with van der Waals surface area (Å²) in [5, 5.41) is 3.14. The molecule has 2 rings (SSSR count). The number of fused-ring (bicyclic) bond motifs is 1. The molecule has 0 radical (unpaired) electrons. The molecule has 0 fully saturated rings. The molecule has 1 atom stereocenters. The Morgan fingerprint density at radius 3 is 3.06 bits per heavy atom. The maximum Gasteiger partial charge on any atom is 0.320 e. The number of rotatable bonds is 4. The molecule has 17 heavy (non-hydrogen) atoms. The fraction of sp³-hybridized carbons (Fsp3) is 0.500. The highest BCUT2D eigenvalue weighted by molar-refractivity contribution is 7.85. The Morgan fingerprint density at radius 2 is 2.35 bits per heavy atom. The quantitative estimate of drug-likeness (QED) is 0.604. The van der Waals surface area contributed by atoms with Gasteiger partial charge >= 0.3 is 5.82 Å². The zero-order chi connectivity index (χ0) is 12.5. The van der Waals surface area contributed by atoms with E-state index in [4.69, 9.17) is 9.29 Å². The van der Waals surface area contributed by atoms with Gasteiger partial charge in [0.2, 0.25) is 12.0 Å². The second-order valence-corrected chi connectivity index (χ2v) is 5.53. The molecule has 2 heterocycles. The standard InChI is InChI=1S/C10H14N2O4S/c1-8-11-10-9(16-8)4-2-5-12(10)6-3-7-17(13,14)15/h2,4-5,8H,3,6-7H2,1H3,(H,13,14,15)/p+1. The van der Waals surface area contributed by atoms with E-state index in [-0.39, 0.29) is 12.0 Å². The van der Waals surface area contributed by atoms with E-state index in [9.17, 15) is 8.42 Å². The number of aromatic nitrogens is 1. The minimum Gasteiger partial charge on any atom is -0.444 e. The number of nitrogens with zero attached hydrogens (tertiary/aromatic N) is 1. The van der Waals surface area contributed by atoms with E-state index in [1.165, 1.54) is 0 Å². The molecule has 1 aromatic rings. The Kier molecular flexibility index (Phi) is 3.21. The Bertz CT molecular complexity index is 515. The lowest BCUT2D eigenvalue weighted by molar-refractivity contribution is -0.682. The topological polar surface area (TPSA) is 79.5 Å². The van der Waals surface area contributed by atoms with Gasteiger partial charge in [0.15, 0.2) is 0 Å². The fourth-order valence-electron chi connectivity index (χ4n) is 1.79. The monoisotopic (exact) mass is 259 g/mol. The van der Waals surface area contributed by atoms with Crippen molar-refractivity contribution in [3.63, 3.8) is 0 Å². The molecule has 0 bridgehead atoms. The van der Waals surface area contributed by atoms with Crippen LogP contribution >= 0.6 is 0 Å². The summed E-state index contributed by atoms with van der Waals surface area (Å²) >= 11 is 0. The van der Waals surface area contributed by atoms with Crippen LogP contribution in [-0.4, -0.2) is 25.0 Å². The zero-order valence-electron chi connectivity index (χ0n) is 9.46. The first-order valence-corrected chi connectivity index (χ1v) is 6.97. The predicted octanol–water partition coefficient (Wildman–Crippen LogP) is 0.402. The Balaban J connectivity index is 2.06. The maximum absolute atomic E-state index is 10.6. The summed E-state index contributed by atoms with van der Waals surface area (Å²) in [6.07, 6.45) is 2.12. The minimum absolute atomic E-state index is 0.0831. The third kappa shape index (κ3) is 3.07. The molecule has 0 amide bonds. The molecule has 1 aliphatic rings. The van der Waals surface area contributed by atoms with Crippen LogP contribution in [0.15, 0.2) is 18.3 Å². The number of nitrogens with one attached hydrogen (secondary N) is 1. The first-order valence-electron chi connectivity index (χ1n) is 5.36. The van der Waals surface area contributed by atoms with Crippen molar-refractivity contribution in [1.82, 2.24) is 0 Å². The van der Waals surface area contributed by atoms with Crippen molar-refractivity contribution in [2.45, 2.75) is 26.1 Å². The van der Waals surface area contributed by atoms with Gasteiger partial charge in [-0.1, -0.05) is 0 Å². The van der Waals surface area contributed by atoms with Gasteiger partial charge in [-0.15, -0.1) is 0 Å². The average Bonchev–Trinajstić information content (AvgIpc) is 2.57. The highest BCUT2D eigenvalue weighted by Crippen LogP contribution is 2.27. The van der Waals surface area contributed by atoms with E-state index in [1.807, 2.05) is 29.8 Å². The van der Waals surface area contributed by atoms with Crippen molar-refractivity contribution in [1.29, 1.82) is 0 Å². The number of hydrogen-bond donors (Lipinski definition) is 2. The van der Waals surface area contributed by atoms with Crippen LogP contribution in [0.1, 0.15) is 13.3 Å². The van der Waals surface area contributed by atoms with Crippen LogP contribution in [0, 0.1) is 0 Å². The van der Waals surface area contributed by atoms with Gasteiger partial charge in [-0.05, 0) is 12.1 Å². The first kappa shape index (κ1) is 12.1. The molecular formula is C10H15N2O4S+. The molecule has 7 heteroatoms. The lowest BCUT2D eigenvalue weighted by Gasteiger charge is -2.02. The molecule has 0 saturated carbocycles. The van der Waals surface area contributed by atoms with Crippen molar-refractivity contribution < 1.29 is 22.3 Å². The molecule has 1 aromatic heterocycles. The van der Waals surface area contributed by atoms with Gasteiger partial charge in [0.05, 0.1) is 18.5 Å². The number of pyridine rings is 1. The van der Waals surface area contributed by atoms with Gasteiger partial charge < -0.3 is 4.74 Å². The molecule has 2 N–H and O–H groups in total. The van der Waals surface area contributed by atoms with Gasteiger partial charge in [-0.2, -0.15) is 8.42 Å². The Hall–Kier alpha value is -1.34. The lowest BCUT2D eigenvalue weighted by atomic mass is 10.4. The first-order chi connectivity index (χ1) is 7.96. The number of hydrogen-bond acceptors (Lipinski definition) is 4. The molecule has 6 nitrogen and oxygen atoms in total. The molecule has 0 spiro atoms. The summed E-state index contributed by atoms with van der Waals surface area (Å²) in [6.45, 7) is 2.40. The summed E-state index contributed by atoms with van der Waals surface area (Å²) < 4.78 is 37.3. The van der Waals surface area contributed by atoms with Gasteiger partial charge in [0.1, 0.15) is 0 Å². The van der Waals surface area contributed by atoms with Crippen molar-refractivity contribution in [3.05, 3.63) is 18.3 Å². The van der Waals surface area contributed by atoms with Crippen LogP contribution in [0.3, 0.4) is 0 Å². The normalized spacial score (nSPS) is 18.4. The van der Waals surface area contributed by atoms with Gasteiger partial charge in [0.25, 0.3) is 10.1 Å². The van der Waals surface area contributed by atoms with Crippen LogP contribution < -0.4 is 14.6 Å². The lowest BCUT2D eigenvalue weighted by Crippen LogP contribution is -2.37. The summed E-state index contributed by atoms with van der Waals surface area (Å²) in [5.74, 6) is 1.36. The van der Waals surface area contributed by atoms with Crippen LogP contribution in [0.2, 0.25) is 0 Å². The van der Waals surface area contributed by atoms with Crippen molar-refractivity contribution in [2.75, 3.05) is 11.1 Å². The van der Waals surface area contributed by atoms with E-state index in [0.717, 1.165) is 11.6 Å². The van der Waals surface area contributed by atoms with Crippen LogP contribution in [0.4, 0.5) is 5.82 Å². The number of ether oxygens (including phenoxy) is 1. The molecule has 1 aliphatic heterocycles. The second kappa shape index (κ2) is 4.50. The van der Waals surface area contributed by atoms with E-state index in [1.54, 1.807) is 0 Å². The third-order valence-corrected chi connectivity index (χ3v) is 3.28. The Morgan fingerprint density at radius 1 is 1.59 bits per heavy atom. The van der Waals surface area contributed by atoms with E-state index >= 15 is 0 Å². The second-order valence-electron chi connectivity index (χ2n) is 3.96. The minimum atomic E-state index is -3.88. The highest BCUT2D eigenvalue weighted by atomic mass is 32.2. The summed E-state index contributed by atoms with van der Waals surface area (Å²) in [5.41, 5.74) is 0. The van der Waals surface area contributed by atoms with E-state index in [0.29, 0.717) is 13.0 Å². The van der Waals surface area contributed by atoms with E-state index in [2.05, 4.69) is 5.32 Å². The summed E-state index contributed by atoms with van der Waals surface area (Å²) in [7, 11) is -3.88. The van der Waals surface area contributed by atoms with Gasteiger partial charge in [-0.25, -0.2) is 9.88 Å². The van der Waals surface area contributed by atoms with Crippen molar-refractivity contribution in [2.24, 2.45) is 0 Å². The highest BCUT2D eigenvalue weighted by Gasteiger charge is 2.27. The largest absolute Gasteiger partial charge is 0.444 e. The van der Waals surface area contributed by atoms with Crippen molar-refractivity contribution >= 4 is 15.9 Å². The van der Waals surface area contributed by atoms with Crippen LogP contribution in [0.25, 0.3) is 0 Å². The maximum atomic E-state index is 10.6.